The molecule has 1 aromatic heterocycles. The second kappa shape index (κ2) is 8.52. The van der Waals surface area contributed by atoms with Crippen LogP contribution in [0, 0.1) is 6.92 Å². The Morgan fingerprint density at radius 2 is 1.96 bits per heavy atom. The summed E-state index contributed by atoms with van der Waals surface area (Å²) in [5, 5.41) is 5.86. The van der Waals surface area contributed by atoms with E-state index in [9.17, 15) is 13.6 Å². The molecule has 2 heterocycles. The van der Waals surface area contributed by atoms with Gasteiger partial charge in [0.1, 0.15) is 5.69 Å². The molecule has 1 saturated heterocycles. The molecule has 1 fully saturated rings. The molecule has 1 aromatic carbocycles. The lowest BCUT2D eigenvalue weighted by Crippen LogP contribution is -2.60. The molecule has 3 rings (SSSR count). The number of amides is 2. The second-order valence-corrected chi connectivity index (χ2v) is 7.01. The number of ether oxygens (including phenoxy) is 1. The molecule has 6 nitrogen and oxygen atoms in total. The number of aromatic nitrogens is 1. The zero-order valence-electron chi connectivity index (χ0n) is 16.1. The van der Waals surface area contributed by atoms with Crippen molar-refractivity contribution in [2.75, 3.05) is 23.3 Å². The van der Waals surface area contributed by atoms with E-state index >= 15 is 0 Å². The summed E-state index contributed by atoms with van der Waals surface area (Å²) >= 11 is 0. The van der Waals surface area contributed by atoms with Gasteiger partial charge < -0.3 is 15.4 Å². The minimum Gasteiger partial charge on any atom is -0.415 e. The third-order valence-corrected chi connectivity index (χ3v) is 4.60. The number of pyridine rings is 1. The van der Waals surface area contributed by atoms with Gasteiger partial charge in [-0.1, -0.05) is 32.0 Å². The van der Waals surface area contributed by atoms with Gasteiger partial charge in [0.15, 0.2) is 0 Å². The van der Waals surface area contributed by atoms with Crippen molar-refractivity contribution in [3.8, 4) is 5.88 Å². The molecular formula is C20H24F2N4O2. The van der Waals surface area contributed by atoms with Gasteiger partial charge in [-0.15, -0.1) is 0 Å². The molecule has 1 aliphatic rings. The molecular weight excluding hydrogens is 366 g/mol. The predicted molar refractivity (Wildman–Crippen MR) is 104 cm³/mol. The van der Waals surface area contributed by atoms with E-state index in [1.54, 1.807) is 17.9 Å². The summed E-state index contributed by atoms with van der Waals surface area (Å²) in [6, 6.07) is 10.4. The van der Waals surface area contributed by atoms with Crippen LogP contribution in [0.25, 0.3) is 0 Å². The van der Waals surface area contributed by atoms with Crippen LogP contribution in [0.15, 0.2) is 36.4 Å². The first kappa shape index (κ1) is 20.0. The maximum atomic E-state index is 13.2. The Bertz CT molecular complexity index is 841. The minimum atomic E-state index is -3.03. The van der Waals surface area contributed by atoms with Gasteiger partial charge in [0.2, 0.25) is 5.88 Å². The van der Waals surface area contributed by atoms with Crippen LogP contribution in [0.4, 0.5) is 25.0 Å². The molecule has 0 saturated carbocycles. The van der Waals surface area contributed by atoms with Crippen molar-refractivity contribution in [3.63, 3.8) is 0 Å². The Balaban J connectivity index is 1.92. The van der Waals surface area contributed by atoms with Crippen LogP contribution in [0.1, 0.15) is 31.0 Å². The molecule has 0 atom stereocenters. The highest BCUT2D eigenvalue weighted by atomic mass is 19.3. The Labute approximate surface area is 162 Å². The number of hydrogen-bond donors (Lipinski definition) is 2. The monoisotopic (exact) mass is 390 g/mol. The van der Waals surface area contributed by atoms with E-state index in [0.29, 0.717) is 18.8 Å². The van der Waals surface area contributed by atoms with E-state index < -0.39 is 12.6 Å². The van der Waals surface area contributed by atoms with Gasteiger partial charge in [0, 0.05) is 24.5 Å². The number of alkyl halides is 2. The fraction of sp³-hybridized carbons (Fsp3) is 0.400. The van der Waals surface area contributed by atoms with E-state index in [1.807, 2.05) is 24.3 Å². The lowest BCUT2D eigenvalue weighted by molar-refractivity contribution is -0.0523. The van der Waals surface area contributed by atoms with E-state index in [1.165, 1.54) is 6.07 Å². The Kier molecular flexibility index (Phi) is 6.08. The molecule has 28 heavy (non-hydrogen) atoms. The molecule has 2 amide bonds. The zero-order valence-corrected chi connectivity index (χ0v) is 16.1. The fourth-order valence-electron chi connectivity index (χ4n) is 3.10. The lowest BCUT2D eigenvalue weighted by Gasteiger charge is -2.39. The number of carbonyl (C=O) groups is 1. The summed E-state index contributed by atoms with van der Waals surface area (Å²) in [6.07, 6.45) is 0. The van der Waals surface area contributed by atoms with E-state index in [0.717, 1.165) is 11.3 Å². The summed E-state index contributed by atoms with van der Waals surface area (Å²) in [7, 11) is 0. The highest BCUT2D eigenvalue weighted by Gasteiger charge is 2.32. The molecule has 0 unspecified atom stereocenters. The highest BCUT2D eigenvalue weighted by Crippen LogP contribution is 2.31. The Morgan fingerprint density at radius 1 is 1.25 bits per heavy atom. The average Bonchev–Trinajstić information content (AvgIpc) is 2.59. The van der Waals surface area contributed by atoms with Crippen LogP contribution in [0.3, 0.4) is 0 Å². The number of para-hydroxylation sites is 1. The second-order valence-electron chi connectivity index (χ2n) is 7.01. The number of rotatable bonds is 6. The SMILES string of the molecule is Cc1ccc(NC(=O)N(c2ccccc2C(C)C)C2CNC2)c(OC(F)F)n1. The number of nitrogens with one attached hydrogen (secondary N) is 2. The van der Waals surface area contributed by atoms with Gasteiger partial charge >= 0.3 is 12.6 Å². The van der Waals surface area contributed by atoms with Crippen molar-refractivity contribution in [2.24, 2.45) is 0 Å². The maximum absolute atomic E-state index is 13.2. The molecule has 2 N–H and O–H groups in total. The van der Waals surface area contributed by atoms with Crippen LogP contribution in [-0.4, -0.2) is 36.8 Å². The Hall–Kier alpha value is -2.74. The van der Waals surface area contributed by atoms with Crippen molar-refractivity contribution >= 4 is 17.4 Å². The lowest BCUT2D eigenvalue weighted by atomic mass is 9.99. The quantitative estimate of drug-likeness (QED) is 0.779. The largest absolute Gasteiger partial charge is 0.415 e. The van der Waals surface area contributed by atoms with Crippen LogP contribution < -0.4 is 20.3 Å². The van der Waals surface area contributed by atoms with Crippen molar-refractivity contribution in [1.29, 1.82) is 0 Å². The number of nitrogens with zero attached hydrogens (tertiary/aromatic N) is 2. The molecule has 1 aliphatic heterocycles. The van der Waals surface area contributed by atoms with E-state index in [2.05, 4.69) is 34.2 Å². The fourth-order valence-corrected chi connectivity index (χ4v) is 3.10. The summed E-state index contributed by atoms with van der Waals surface area (Å²) in [6.45, 7) is 4.07. The maximum Gasteiger partial charge on any atom is 0.388 e. The normalized spacial score (nSPS) is 14.1. The number of urea groups is 1. The summed E-state index contributed by atoms with van der Waals surface area (Å²) in [5.74, 6) is -0.0783. The number of anilines is 2. The molecule has 0 bridgehead atoms. The number of benzene rings is 1. The average molecular weight is 390 g/mol. The highest BCUT2D eigenvalue weighted by molar-refractivity contribution is 6.03. The molecule has 8 heteroatoms. The van der Waals surface area contributed by atoms with Crippen LogP contribution >= 0.6 is 0 Å². The van der Waals surface area contributed by atoms with Gasteiger partial charge in [-0.25, -0.2) is 9.78 Å². The van der Waals surface area contributed by atoms with Gasteiger partial charge in [-0.3, -0.25) is 4.90 Å². The standard InChI is InChI=1S/C20H24F2N4O2/c1-12(2)15-6-4-5-7-17(15)26(14-10-23-11-14)20(27)25-16-9-8-13(3)24-18(16)28-19(21)22/h4-9,12,14,19,23H,10-11H2,1-3H3,(H,25,27). The zero-order chi connectivity index (χ0) is 20.3. The van der Waals surface area contributed by atoms with Crippen LogP contribution in [0.5, 0.6) is 5.88 Å². The van der Waals surface area contributed by atoms with Gasteiger partial charge in [-0.2, -0.15) is 8.78 Å². The summed E-state index contributed by atoms with van der Waals surface area (Å²) in [5.41, 5.74) is 2.46. The van der Waals surface area contributed by atoms with Crippen molar-refractivity contribution in [3.05, 3.63) is 47.7 Å². The molecule has 0 spiro atoms. The topological polar surface area (TPSA) is 66.5 Å². The molecule has 0 radical (unpaired) electrons. The third kappa shape index (κ3) is 4.39. The molecule has 150 valence electrons. The van der Waals surface area contributed by atoms with Crippen molar-refractivity contribution in [2.45, 2.75) is 39.3 Å². The Morgan fingerprint density at radius 3 is 2.57 bits per heavy atom. The first-order valence-electron chi connectivity index (χ1n) is 9.19. The number of halogens is 2. The number of aryl methyl sites for hydroxylation is 1. The van der Waals surface area contributed by atoms with Gasteiger partial charge in [0.25, 0.3) is 0 Å². The number of hydrogen-bond acceptors (Lipinski definition) is 4. The predicted octanol–water partition coefficient (Wildman–Crippen LogP) is 4.13. The van der Waals surface area contributed by atoms with Crippen LogP contribution in [0.2, 0.25) is 0 Å². The summed E-state index contributed by atoms with van der Waals surface area (Å²) in [4.78, 5) is 18.8. The smallest absolute Gasteiger partial charge is 0.388 e. The van der Waals surface area contributed by atoms with Crippen molar-refractivity contribution in [1.82, 2.24) is 10.3 Å². The third-order valence-electron chi connectivity index (χ3n) is 4.60. The van der Waals surface area contributed by atoms with E-state index in [4.69, 9.17) is 0 Å². The van der Waals surface area contributed by atoms with Gasteiger partial charge in [-0.05, 0) is 36.6 Å². The van der Waals surface area contributed by atoms with Crippen LogP contribution in [-0.2, 0) is 0 Å². The van der Waals surface area contributed by atoms with E-state index in [-0.39, 0.29) is 23.5 Å². The van der Waals surface area contributed by atoms with Gasteiger partial charge in [0.05, 0.1) is 6.04 Å². The minimum absolute atomic E-state index is 0.0298. The van der Waals surface area contributed by atoms with Crippen molar-refractivity contribution < 1.29 is 18.3 Å². The molecule has 0 aliphatic carbocycles. The number of carbonyl (C=O) groups excluding carboxylic acids is 1. The summed E-state index contributed by atoms with van der Waals surface area (Å²) < 4.78 is 30.0. The first-order chi connectivity index (χ1) is 13.4. The first-order valence-corrected chi connectivity index (χ1v) is 9.19. The molecule has 2 aromatic rings.